The SMILES string of the molecule is Nc1ccc(F)c(C(=O)c2sc(Nc3ccc(S(N)(=O)=O)cc3)nc2N)c1F. The molecule has 3 aromatic rings. The number of rotatable bonds is 5. The highest BCUT2D eigenvalue weighted by Crippen LogP contribution is 2.32. The average molecular weight is 425 g/mol. The zero-order valence-electron chi connectivity index (χ0n) is 13.9. The summed E-state index contributed by atoms with van der Waals surface area (Å²) >= 11 is 0.776. The third-order valence-electron chi connectivity index (χ3n) is 3.64. The minimum atomic E-state index is -3.84. The van der Waals surface area contributed by atoms with Crippen molar-refractivity contribution in [1.29, 1.82) is 0 Å². The maximum atomic E-state index is 14.1. The van der Waals surface area contributed by atoms with Gasteiger partial charge in [-0.3, -0.25) is 4.79 Å². The van der Waals surface area contributed by atoms with Gasteiger partial charge in [-0.2, -0.15) is 0 Å². The standard InChI is InChI=1S/C16H13F2N5O3S2/c17-9-5-6-10(19)12(18)11(9)13(24)14-15(20)23-16(27-14)22-7-1-3-8(4-2-7)28(21,25)26/h1-6H,19-20H2,(H,22,23)(H2,21,25,26). The van der Waals surface area contributed by atoms with Gasteiger partial charge in [0.15, 0.2) is 10.9 Å². The second kappa shape index (κ2) is 7.14. The van der Waals surface area contributed by atoms with Crippen molar-refractivity contribution in [2.75, 3.05) is 16.8 Å². The molecule has 0 aliphatic rings. The smallest absolute Gasteiger partial charge is 0.238 e. The van der Waals surface area contributed by atoms with Gasteiger partial charge in [-0.25, -0.2) is 27.3 Å². The van der Waals surface area contributed by atoms with E-state index in [9.17, 15) is 22.0 Å². The minimum absolute atomic E-state index is 0.0832. The van der Waals surface area contributed by atoms with Gasteiger partial charge in [-0.05, 0) is 36.4 Å². The first-order valence-corrected chi connectivity index (χ1v) is 9.88. The van der Waals surface area contributed by atoms with Crippen LogP contribution in [0.25, 0.3) is 0 Å². The molecule has 0 saturated heterocycles. The Morgan fingerprint density at radius 2 is 1.71 bits per heavy atom. The van der Waals surface area contributed by atoms with E-state index in [0.29, 0.717) is 5.69 Å². The van der Waals surface area contributed by atoms with Crippen molar-refractivity contribution in [3.63, 3.8) is 0 Å². The van der Waals surface area contributed by atoms with Crippen LogP contribution in [0.2, 0.25) is 0 Å². The Hall–Kier alpha value is -3.09. The van der Waals surface area contributed by atoms with E-state index in [4.69, 9.17) is 16.6 Å². The van der Waals surface area contributed by atoms with Crippen LogP contribution < -0.4 is 21.9 Å². The van der Waals surface area contributed by atoms with Crippen LogP contribution >= 0.6 is 11.3 Å². The van der Waals surface area contributed by atoms with Crippen molar-refractivity contribution in [3.05, 3.63) is 58.5 Å². The molecule has 0 aliphatic carbocycles. The van der Waals surface area contributed by atoms with Gasteiger partial charge in [0.05, 0.1) is 16.1 Å². The number of primary sulfonamides is 1. The van der Waals surface area contributed by atoms with Gasteiger partial charge in [0.25, 0.3) is 0 Å². The van der Waals surface area contributed by atoms with Gasteiger partial charge < -0.3 is 16.8 Å². The number of anilines is 4. The number of sulfonamides is 1. The third-order valence-corrected chi connectivity index (χ3v) is 5.56. The zero-order chi connectivity index (χ0) is 20.6. The molecule has 0 spiro atoms. The maximum Gasteiger partial charge on any atom is 0.238 e. The number of hydrogen-bond acceptors (Lipinski definition) is 8. The second-order valence-corrected chi connectivity index (χ2v) is 8.14. The molecular weight excluding hydrogens is 412 g/mol. The summed E-state index contributed by atoms with van der Waals surface area (Å²) in [4.78, 5) is 16.2. The Kier molecular flexibility index (Phi) is 5.02. The number of aromatic nitrogens is 1. The van der Waals surface area contributed by atoms with Gasteiger partial charge >= 0.3 is 0 Å². The largest absolute Gasteiger partial charge is 0.396 e. The Labute approximate surface area is 162 Å². The van der Waals surface area contributed by atoms with Crippen LogP contribution in [0.15, 0.2) is 41.3 Å². The molecule has 0 fully saturated rings. The van der Waals surface area contributed by atoms with Crippen LogP contribution in [0.3, 0.4) is 0 Å². The molecule has 0 atom stereocenters. The molecule has 8 nitrogen and oxygen atoms in total. The molecule has 12 heteroatoms. The number of hydrogen-bond donors (Lipinski definition) is 4. The summed E-state index contributed by atoms with van der Waals surface area (Å²) in [5.41, 5.74) is 10.3. The fourth-order valence-corrected chi connectivity index (χ4v) is 3.66. The first kappa shape index (κ1) is 19.7. The van der Waals surface area contributed by atoms with E-state index >= 15 is 0 Å². The molecule has 28 heavy (non-hydrogen) atoms. The summed E-state index contributed by atoms with van der Waals surface area (Å²) in [6.07, 6.45) is 0. The minimum Gasteiger partial charge on any atom is -0.396 e. The average Bonchev–Trinajstić information content (AvgIpc) is 2.98. The summed E-state index contributed by atoms with van der Waals surface area (Å²) < 4.78 is 50.6. The molecule has 7 N–H and O–H groups in total. The van der Waals surface area contributed by atoms with Crippen LogP contribution in [0.1, 0.15) is 15.2 Å². The summed E-state index contributed by atoms with van der Waals surface area (Å²) in [5.74, 6) is -3.46. The van der Waals surface area contributed by atoms with Crippen LogP contribution in [0, 0.1) is 11.6 Å². The van der Waals surface area contributed by atoms with E-state index in [0.717, 1.165) is 23.5 Å². The lowest BCUT2D eigenvalue weighted by Crippen LogP contribution is -2.11. The van der Waals surface area contributed by atoms with E-state index in [1.165, 1.54) is 24.3 Å². The number of nitrogens with zero attached hydrogens (tertiary/aromatic N) is 1. The van der Waals surface area contributed by atoms with E-state index in [1.807, 2.05) is 0 Å². The number of ketones is 1. The lowest BCUT2D eigenvalue weighted by molar-refractivity contribution is 0.103. The number of nitrogens with two attached hydrogens (primary N) is 3. The number of carbonyl (C=O) groups is 1. The summed E-state index contributed by atoms with van der Waals surface area (Å²) in [5, 5.41) is 8.00. The van der Waals surface area contributed by atoms with Gasteiger partial charge in [0, 0.05) is 5.69 Å². The number of halogens is 2. The monoisotopic (exact) mass is 425 g/mol. The number of benzene rings is 2. The highest BCUT2D eigenvalue weighted by molar-refractivity contribution is 7.89. The predicted octanol–water partition coefficient (Wildman–Crippen LogP) is 2.21. The van der Waals surface area contributed by atoms with Crippen LogP contribution in [0.4, 0.5) is 31.1 Å². The van der Waals surface area contributed by atoms with Crippen molar-refractivity contribution in [3.8, 4) is 0 Å². The van der Waals surface area contributed by atoms with E-state index in [2.05, 4.69) is 10.3 Å². The Morgan fingerprint density at radius 3 is 2.32 bits per heavy atom. The molecule has 1 heterocycles. The van der Waals surface area contributed by atoms with Crippen molar-refractivity contribution in [1.82, 2.24) is 4.98 Å². The van der Waals surface area contributed by atoms with Crippen LogP contribution in [0.5, 0.6) is 0 Å². The molecule has 0 aliphatic heterocycles. The highest BCUT2D eigenvalue weighted by atomic mass is 32.2. The molecule has 2 aromatic carbocycles. The second-order valence-electron chi connectivity index (χ2n) is 5.58. The van der Waals surface area contributed by atoms with Crippen molar-refractivity contribution < 1.29 is 22.0 Å². The quantitative estimate of drug-likeness (QED) is 0.361. The fourth-order valence-electron chi connectivity index (χ4n) is 2.29. The summed E-state index contributed by atoms with van der Waals surface area (Å²) in [6.45, 7) is 0. The topological polar surface area (TPSA) is 154 Å². The number of thiazole rings is 1. The molecule has 146 valence electrons. The first-order chi connectivity index (χ1) is 13.1. The predicted molar refractivity (Wildman–Crippen MR) is 102 cm³/mol. The molecule has 0 bridgehead atoms. The number of nitrogen functional groups attached to an aromatic ring is 2. The Bertz CT molecular complexity index is 1180. The van der Waals surface area contributed by atoms with Gasteiger partial charge in [0.1, 0.15) is 16.5 Å². The number of carbonyl (C=O) groups excluding carboxylic acids is 1. The normalized spacial score (nSPS) is 11.4. The van der Waals surface area contributed by atoms with Gasteiger partial charge in [-0.15, -0.1) is 0 Å². The zero-order valence-corrected chi connectivity index (χ0v) is 15.6. The van der Waals surface area contributed by atoms with E-state index in [-0.39, 0.29) is 26.4 Å². The lowest BCUT2D eigenvalue weighted by Gasteiger charge is -2.05. The van der Waals surface area contributed by atoms with Crippen LogP contribution in [-0.2, 0) is 10.0 Å². The molecule has 3 rings (SSSR count). The molecule has 1 aromatic heterocycles. The van der Waals surface area contributed by atoms with E-state index < -0.39 is 33.0 Å². The summed E-state index contributed by atoms with van der Waals surface area (Å²) in [7, 11) is -3.84. The van der Waals surface area contributed by atoms with Crippen molar-refractivity contribution in [2.45, 2.75) is 4.90 Å². The molecule has 0 saturated carbocycles. The number of nitrogens with one attached hydrogen (secondary N) is 1. The molecule has 0 unspecified atom stereocenters. The molecule has 0 amide bonds. The fraction of sp³-hybridized carbons (Fsp3) is 0. The molecular formula is C16H13F2N5O3S2. The summed E-state index contributed by atoms with van der Waals surface area (Å²) in [6, 6.07) is 7.30. The van der Waals surface area contributed by atoms with Gasteiger partial charge in [0.2, 0.25) is 15.8 Å². The van der Waals surface area contributed by atoms with E-state index in [1.54, 1.807) is 0 Å². The van der Waals surface area contributed by atoms with Gasteiger partial charge in [-0.1, -0.05) is 11.3 Å². The Balaban J connectivity index is 1.90. The highest BCUT2D eigenvalue weighted by Gasteiger charge is 2.25. The van der Waals surface area contributed by atoms with Crippen LogP contribution in [-0.4, -0.2) is 19.2 Å². The maximum absolute atomic E-state index is 14.1. The van der Waals surface area contributed by atoms with Crippen molar-refractivity contribution in [2.24, 2.45) is 5.14 Å². The lowest BCUT2D eigenvalue weighted by atomic mass is 10.1. The third kappa shape index (κ3) is 3.78. The van der Waals surface area contributed by atoms with Crippen molar-refractivity contribution >= 4 is 49.5 Å². The Morgan fingerprint density at radius 1 is 1.07 bits per heavy atom. The molecule has 0 radical (unpaired) electrons. The first-order valence-electron chi connectivity index (χ1n) is 7.52.